The number of nitrogens with zero attached hydrogens (tertiary/aromatic N) is 5. The van der Waals surface area contributed by atoms with Crippen LogP contribution in [0.5, 0.6) is 0 Å². The lowest BCUT2D eigenvalue weighted by Gasteiger charge is -2.13. The Morgan fingerprint density at radius 3 is 2.78 bits per heavy atom. The second-order valence-electron chi connectivity index (χ2n) is 6.25. The van der Waals surface area contributed by atoms with Gasteiger partial charge in [-0.05, 0) is 30.3 Å². The molecule has 0 radical (unpaired) electrons. The molecule has 8 heteroatoms. The number of nitrogens with one attached hydrogen (secondary N) is 1. The Hall–Kier alpha value is -3.68. The first kappa shape index (κ1) is 16.8. The average molecular weight is 362 g/mol. The molecule has 1 amide bonds. The summed E-state index contributed by atoms with van der Waals surface area (Å²) in [5, 5.41) is 11.1. The molecule has 0 aromatic carbocycles. The predicted molar refractivity (Wildman–Crippen MR) is 98.5 cm³/mol. The Kier molecular flexibility index (Phi) is 4.29. The zero-order chi connectivity index (χ0) is 18.8. The van der Waals surface area contributed by atoms with Gasteiger partial charge in [-0.15, -0.1) is 0 Å². The van der Waals surface area contributed by atoms with Crippen molar-refractivity contribution in [1.82, 2.24) is 29.8 Å². The molecule has 0 fully saturated rings. The van der Waals surface area contributed by atoms with E-state index in [9.17, 15) is 4.79 Å². The van der Waals surface area contributed by atoms with Gasteiger partial charge in [0.25, 0.3) is 5.91 Å². The average Bonchev–Trinajstić information content (AvgIpc) is 3.42. The van der Waals surface area contributed by atoms with Crippen LogP contribution in [0, 0.1) is 0 Å². The lowest BCUT2D eigenvalue weighted by atomic mass is 10.2. The van der Waals surface area contributed by atoms with Crippen LogP contribution in [0.3, 0.4) is 0 Å². The van der Waals surface area contributed by atoms with Crippen LogP contribution in [-0.4, -0.2) is 42.8 Å². The van der Waals surface area contributed by atoms with Crippen LogP contribution in [0.4, 0.5) is 0 Å². The van der Waals surface area contributed by atoms with E-state index >= 15 is 0 Å². The van der Waals surface area contributed by atoms with Crippen molar-refractivity contribution < 1.29 is 9.32 Å². The Morgan fingerprint density at radius 2 is 2.04 bits per heavy atom. The standard InChI is InChI=1S/C19H18N6O2/c1-24-9-3-4-18(24)16-11-17(22-21-16)19(26)25(2)12-14-10-15(23-27-14)13-5-7-20-8-6-13/h3-11H,12H2,1-2H3,(H,21,22). The minimum Gasteiger partial charge on any atom is -0.359 e. The van der Waals surface area contributed by atoms with E-state index in [0.717, 1.165) is 17.0 Å². The summed E-state index contributed by atoms with van der Waals surface area (Å²) in [6.45, 7) is 0.301. The Labute approximate surface area is 155 Å². The predicted octanol–water partition coefficient (Wildman–Crippen LogP) is 2.74. The molecule has 0 aliphatic heterocycles. The molecule has 0 aliphatic rings. The van der Waals surface area contributed by atoms with Crippen molar-refractivity contribution in [3.8, 4) is 22.6 Å². The molecule has 4 heterocycles. The third-order valence-corrected chi connectivity index (χ3v) is 4.29. The van der Waals surface area contributed by atoms with E-state index < -0.39 is 0 Å². The monoisotopic (exact) mass is 362 g/mol. The number of aromatic nitrogens is 5. The van der Waals surface area contributed by atoms with Crippen molar-refractivity contribution >= 4 is 5.91 Å². The maximum absolute atomic E-state index is 12.7. The summed E-state index contributed by atoms with van der Waals surface area (Å²) in [5.74, 6) is 0.421. The number of H-pyrrole nitrogens is 1. The topological polar surface area (TPSA) is 92.8 Å². The summed E-state index contributed by atoms with van der Waals surface area (Å²) in [4.78, 5) is 18.2. The second kappa shape index (κ2) is 6.91. The summed E-state index contributed by atoms with van der Waals surface area (Å²) in [5.41, 5.74) is 3.70. The number of aryl methyl sites for hydroxylation is 1. The molecule has 4 rings (SSSR count). The maximum atomic E-state index is 12.7. The van der Waals surface area contributed by atoms with E-state index in [1.807, 2.05) is 48.1 Å². The molecule has 4 aromatic rings. The van der Waals surface area contributed by atoms with E-state index in [0.29, 0.717) is 23.7 Å². The highest BCUT2D eigenvalue weighted by atomic mass is 16.5. The van der Waals surface area contributed by atoms with Crippen LogP contribution < -0.4 is 0 Å². The van der Waals surface area contributed by atoms with Gasteiger partial charge in [-0.3, -0.25) is 14.9 Å². The minimum atomic E-state index is -0.176. The first-order valence-electron chi connectivity index (χ1n) is 8.40. The number of pyridine rings is 1. The van der Waals surface area contributed by atoms with Gasteiger partial charge in [-0.2, -0.15) is 5.10 Å². The number of carbonyl (C=O) groups is 1. The zero-order valence-corrected chi connectivity index (χ0v) is 15.0. The smallest absolute Gasteiger partial charge is 0.272 e. The Balaban J connectivity index is 1.47. The number of rotatable bonds is 5. The molecule has 0 saturated heterocycles. The van der Waals surface area contributed by atoms with Crippen molar-refractivity contribution in [1.29, 1.82) is 0 Å². The summed E-state index contributed by atoms with van der Waals surface area (Å²) >= 11 is 0. The SMILES string of the molecule is CN(Cc1cc(-c2ccncc2)no1)C(=O)c1cc(-c2cccn2C)n[nH]1. The largest absolute Gasteiger partial charge is 0.359 e. The maximum Gasteiger partial charge on any atom is 0.272 e. The summed E-state index contributed by atoms with van der Waals surface area (Å²) in [6.07, 6.45) is 5.33. The fraction of sp³-hybridized carbons (Fsp3) is 0.158. The van der Waals surface area contributed by atoms with Gasteiger partial charge in [0.1, 0.15) is 17.1 Å². The first-order valence-corrected chi connectivity index (χ1v) is 8.40. The number of hydrogen-bond donors (Lipinski definition) is 1. The number of carbonyl (C=O) groups excluding carboxylic acids is 1. The van der Waals surface area contributed by atoms with Crippen LogP contribution >= 0.6 is 0 Å². The molecular formula is C19H18N6O2. The zero-order valence-electron chi connectivity index (χ0n) is 15.0. The third-order valence-electron chi connectivity index (χ3n) is 4.29. The first-order chi connectivity index (χ1) is 13.1. The van der Waals surface area contributed by atoms with E-state index in [1.165, 1.54) is 0 Å². The van der Waals surface area contributed by atoms with Gasteiger partial charge in [0, 0.05) is 44.3 Å². The molecule has 0 aliphatic carbocycles. The fourth-order valence-electron chi connectivity index (χ4n) is 2.85. The van der Waals surface area contributed by atoms with Crippen LogP contribution in [0.1, 0.15) is 16.2 Å². The van der Waals surface area contributed by atoms with Gasteiger partial charge in [0.2, 0.25) is 0 Å². The number of amides is 1. The molecule has 136 valence electrons. The van der Waals surface area contributed by atoms with Crippen molar-refractivity contribution in [3.05, 3.63) is 66.4 Å². The molecule has 8 nitrogen and oxygen atoms in total. The molecule has 0 spiro atoms. The second-order valence-corrected chi connectivity index (χ2v) is 6.25. The molecule has 1 N–H and O–H groups in total. The molecular weight excluding hydrogens is 344 g/mol. The van der Waals surface area contributed by atoms with Gasteiger partial charge < -0.3 is 14.0 Å². The summed E-state index contributed by atoms with van der Waals surface area (Å²) < 4.78 is 7.31. The highest BCUT2D eigenvalue weighted by Gasteiger charge is 2.18. The highest BCUT2D eigenvalue weighted by Crippen LogP contribution is 2.20. The summed E-state index contributed by atoms with van der Waals surface area (Å²) in [6, 6.07) is 11.2. The molecule has 0 saturated carbocycles. The van der Waals surface area contributed by atoms with E-state index in [1.54, 1.807) is 30.4 Å². The van der Waals surface area contributed by atoms with Crippen LogP contribution in [0.15, 0.2) is 59.5 Å². The van der Waals surface area contributed by atoms with Gasteiger partial charge in [0.15, 0.2) is 5.76 Å². The van der Waals surface area contributed by atoms with Gasteiger partial charge in [0.05, 0.1) is 12.2 Å². The van der Waals surface area contributed by atoms with E-state index in [4.69, 9.17) is 4.52 Å². The minimum absolute atomic E-state index is 0.176. The van der Waals surface area contributed by atoms with Gasteiger partial charge in [-0.25, -0.2) is 0 Å². The normalized spacial score (nSPS) is 10.9. The molecule has 0 atom stereocenters. The Morgan fingerprint density at radius 1 is 1.22 bits per heavy atom. The van der Waals surface area contributed by atoms with E-state index in [-0.39, 0.29) is 5.91 Å². The van der Waals surface area contributed by atoms with Crippen molar-refractivity contribution in [2.24, 2.45) is 7.05 Å². The molecule has 0 bridgehead atoms. The van der Waals surface area contributed by atoms with Crippen molar-refractivity contribution in [3.63, 3.8) is 0 Å². The van der Waals surface area contributed by atoms with Crippen molar-refractivity contribution in [2.75, 3.05) is 7.05 Å². The van der Waals surface area contributed by atoms with Gasteiger partial charge >= 0.3 is 0 Å². The number of hydrogen-bond acceptors (Lipinski definition) is 5. The molecule has 4 aromatic heterocycles. The van der Waals surface area contributed by atoms with Crippen LogP contribution in [0.25, 0.3) is 22.6 Å². The van der Waals surface area contributed by atoms with Crippen LogP contribution in [-0.2, 0) is 13.6 Å². The van der Waals surface area contributed by atoms with Crippen molar-refractivity contribution in [2.45, 2.75) is 6.54 Å². The third kappa shape index (κ3) is 3.37. The Bertz CT molecular complexity index is 1060. The van der Waals surface area contributed by atoms with Gasteiger partial charge in [-0.1, -0.05) is 5.16 Å². The molecule has 0 unspecified atom stereocenters. The quantitative estimate of drug-likeness (QED) is 0.589. The summed E-state index contributed by atoms with van der Waals surface area (Å²) in [7, 11) is 3.64. The molecule has 27 heavy (non-hydrogen) atoms. The van der Waals surface area contributed by atoms with E-state index in [2.05, 4.69) is 20.3 Å². The van der Waals surface area contributed by atoms with Crippen LogP contribution in [0.2, 0.25) is 0 Å². The lowest BCUT2D eigenvalue weighted by molar-refractivity contribution is 0.0766. The lowest BCUT2D eigenvalue weighted by Crippen LogP contribution is -2.26. The fourth-order valence-corrected chi connectivity index (χ4v) is 2.85. The highest BCUT2D eigenvalue weighted by molar-refractivity contribution is 5.93. The number of aromatic amines is 1.